The Bertz CT molecular complexity index is 648. The third-order valence-corrected chi connectivity index (χ3v) is 3.68. The van der Waals surface area contributed by atoms with Crippen LogP contribution in [0.3, 0.4) is 0 Å². The molecule has 0 radical (unpaired) electrons. The van der Waals surface area contributed by atoms with Gasteiger partial charge in [0.15, 0.2) is 10.8 Å². The lowest BCUT2D eigenvalue weighted by Gasteiger charge is -2.05. The Morgan fingerprint density at radius 2 is 2.11 bits per heavy atom. The minimum atomic E-state index is -3.69. The second-order valence-corrected chi connectivity index (χ2v) is 5.64. The molecule has 0 aromatic carbocycles. The van der Waals surface area contributed by atoms with E-state index in [2.05, 4.69) is 20.1 Å². The lowest BCUT2D eigenvalue weighted by Crippen LogP contribution is -2.15. The molecule has 2 heterocycles. The van der Waals surface area contributed by atoms with Gasteiger partial charge in [0.25, 0.3) is 10.0 Å². The zero-order valence-electron chi connectivity index (χ0n) is 10.7. The Kier molecular flexibility index (Phi) is 3.82. The van der Waals surface area contributed by atoms with E-state index < -0.39 is 10.0 Å². The SMILES string of the molecule is CNCc1ccc(S(=O)(=O)Nc2ccn(C)n2)nc1. The van der Waals surface area contributed by atoms with E-state index in [4.69, 9.17) is 0 Å². The molecule has 0 aliphatic heterocycles. The van der Waals surface area contributed by atoms with Crippen LogP contribution in [0.15, 0.2) is 35.6 Å². The summed E-state index contributed by atoms with van der Waals surface area (Å²) in [6.07, 6.45) is 3.19. The molecule has 0 saturated carbocycles. The number of hydrogen-bond donors (Lipinski definition) is 2. The highest BCUT2D eigenvalue weighted by Gasteiger charge is 2.16. The molecule has 8 heteroatoms. The summed E-state index contributed by atoms with van der Waals surface area (Å²) >= 11 is 0. The van der Waals surface area contributed by atoms with Gasteiger partial charge in [-0.15, -0.1) is 0 Å². The predicted molar refractivity (Wildman–Crippen MR) is 71.0 cm³/mol. The molecule has 2 aromatic heterocycles. The first kappa shape index (κ1) is 13.5. The zero-order valence-corrected chi connectivity index (χ0v) is 11.5. The molecule has 0 saturated heterocycles. The quantitative estimate of drug-likeness (QED) is 0.824. The lowest BCUT2D eigenvalue weighted by molar-refractivity contribution is 0.597. The zero-order chi connectivity index (χ0) is 13.9. The van der Waals surface area contributed by atoms with Crippen molar-refractivity contribution in [3.05, 3.63) is 36.2 Å². The number of nitrogens with zero attached hydrogens (tertiary/aromatic N) is 3. The first-order valence-corrected chi connectivity index (χ1v) is 7.11. The van der Waals surface area contributed by atoms with Crippen LogP contribution in [0.5, 0.6) is 0 Å². The number of sulfonamides is 1. The van der Waals surface area contributed by atoms with Crippen molar-refractivity contribution in [3.8, 4) is 0 Å². The van der Waals surface area contributed by atoms with Gasteiger partial charge in [-0.3, -0.25) is 9.40 Å². The Morgan fingerprint density at radius 3 is 2.63 bits per heavy atom. The van der Waals surface area contributed by atoms with Crippen LogP contribution in [0.1, 0.15) is 5.56 Å². The van der Waals surface area contributed by atoms with Gasteiger partial charge in [0.05, 0.1) is 0 Å². The van der Waals surface area contributed by atoms with Crippen LogP contribution in [-0.2, 0) is 23.6 Å². The van der Waals surface area contributed by atoms with E-state index in [-0.39, 0.29) is 10.8 Å². The number of nitrogens with one attached hydrogen (secondary N) is 2. The molecule has 19 heavy (non-hydrogen) atoms. The minimum absolute atomic E-state index is 0.0296. The number of hydrogen-bond acceptors (Lipinski definition) is 5. The number of aryl methyl sites for hydroxylation is 1. The molecule has 102 valence electrons. The third kappa shape index (κ3) is 3.30. The standard InChI is InChI=1S/C11H15N5O2S/c1-12-7-9-3-4-11(13-8-9)19(17,18)15-10-5-6-16(2)14-10/h3-6,8,12H,7H2,1-2H3,(H,14,15). The molecule has 0 aliphatic carbocycles. The lowest BCUT2D eigenvalue weighted by atomic mass is 10.3. The molecular formula is C11H15N5O2S. The van der Waals surface area contributed by atoms with Gasteiger partial charge in [-0.2, -0.15) is 13.5 Å². The Balaban J connectivity index is 2.19. The normalized spacial score (nSPS) is 11.5. The first-order chi connectivity index (χ1) is 9.01. The van der Waals surface area contributed by atoms with Crippen LogP contribution < -0.4 is 10.0 Å². The summed E-state index contributed by atoms with van der Waals surface area (Å²) in [5.74, 6) is 0.267. The maximum atomic E-state index is 12.0. The van der Waals surface area contributed by atoms with Gasteiger partial charge in [0, 0.05) is 32.1 Å². The summed E-state index contributed by atoms with van der Waals surface area (Å²) in [5.41, 5.74) is 0.916. The second kappa shape index (κ2) is 5.37. The molecule has 2 N–H and O–H groups in total. The van der Waals surface area contributed by atoms with Gasteiger partial charge in [0.2, 0.25) is 0 Å². The van der Waals surface area contributed by atoms with E-state index in [9.17, 15) is 8.42 Å². The maximum absolute atomic E-state index is 12.0. The van der Waals surface area contributed by atoms with Crippen molar-refractivity contribution in [1.82, 2.24) is 20.1 Å². The molecule has 0 amide bonds. The third-order valence-electron chi connectivity index (χ3n) is 2.41. The Morgan fingerprint density at radius 1 is 1.32 bits per heavy atom. The van der Waals surface area contributed by atoms with Crippen molar-refractivity contribution >= 4 is 15.8 Å². The largest absolute Gasteiger partial charge is 0.316 e. The topological polar surface area (TPSA) is 88.9 Å². The molecular weight excluding hydrogens is 266 g/mol. The molecule has 2 aromatic rings. The van der Waals surface area contributed by atoms with Crippen LogP contribution in [0.2, 0.25) is 0 Å². The van der Waals surface area contributed by atoms with E-state index in [1.807, 2.05) is 7.05 Å². The van der Waals surface area contributed by atoms with Gasteiger partial charge in [0.1, 0.15) is 0 Å². The van der Waals surface area contributed by atoms with Crippen LogP contribution in [0, 0.1) is 0 Å². The number of pyridine rings is 1. The average Bonchev–Trinajstić information content (AvgIpc) is 2.75. The summed E-state index contributed by atoms with van der Waals surface area (Å²) < 4.78 is 28.0. The van der Waals surface area contributed by atoms with Crippen LogP contribution in [0.25, 0.3) is 0 Å². The fourth-order valence-electron chi connectivity index (χ4n) is 1.54. The number of aromatic nitrogens is 3. The van der Waals surface area contributed by atoms with Crippen LogP contribution in [-0.4, -0.2) is 30.2 Å². The summed E-state index contributed by atoms with van der Waals surface area (Å²) in [4.78, 5) is 3.95. The Hall–Kier alpha value is -1.93. The molecule has 0 atom stereocenters. The van der Waals surface area contributed by atoms with Crippen molar-refractivity contribution in [2.75, 3.05) is 11.8 Å². The molecule has 0 fully saturated rings. The fourth-order valence-corrected chi connectivity index (χ4v) is 2.47. The van der Waals surface area contributed by atoms with Gasteiger partial charge >= 0.3 is 0 Å². The van der Waals surface area contributed by atoms with Crippen molar-refractivity contribution in [3.63, 3.8) is 0 Å². The molecule has 0 bridgehead atoms. The fraction of sp³-hybridized carbons (Fsp3) is 0.273. The van der Waals surface area contributed by atoms with Gasteiger partial charge in [-0.05, 0) is 18.7 Å². The van der Waals surface area contributed by atoms with E-state index in [0.717, 1.165) is 5.56 Å². The van der Waals surface area contributed by atoms with Crippen LogP contribution in [0.4, 0.5) is 5.82 Å². The minimum Gasteiger partial charge on any atom is -0.316 e. The highest BCUT2D eigenvalue weighted by atomic mass is 32.2. The maximum Gasteiger partial charge on any atom is 0.280 e. The number of rotatable bonds is 5. The first-order valence-electron chi connectivity index (χ1n) is 5.63. The number of anilines is 1. The molecule has 2 rings (SSSR count). The summed E-state index contributed by atoms with van der Waals surface area (Å²) in [6, 6.07) is 4.77. The second-order valence-electron chi connectivity index (χ2n) is 4.02. The molecule has 0 unspecified atom stereocenters. The summed E-state index contributed by atoms with van der Waals surface area (Å²) in [7, 11) is -0.165. The highest BCUT2D eigenvalue weighted by molar-refractivity contribution is 7.92. The van der Waals surface area contributed by atoms with Crippen molar-refractivity contribution in [2.24, 2.45) is 7.05 Å². The van der Waals surface area contributed by atoms with Gasteiger partial charge < -0.3 is 5.32 Å². The molecule has 7 nitrogen and oxygen atoms in total. The smallest absolute Gasteiger partial charge is 0.280 e. The Labute approximate surface area is 111 Å². The molecule has 0 aliphatic rings. The monoisotopic (exact) mass is 281 g/mol. The van der Waals surface area contributed by atoms with E-state index >= 15 is 0 Å². The van der Waals surface area contributed by atoms with Gasteiger partial charge in [-0.1, -0.05) is 6.07 Å². The van der Waals surface area contributed by atoms with Gasteiger partial charge in [-0.25, -0.2) is 4.98 Å². The van der Waals surface area contributed by atoms with Crippen molar-refractivity contribution in [1.29, 1.82) is 0 Å². The summed E-state index contributed by atoms with van der Waals surface area (Å²) in [6.45, 7) is 0.640. The van der Waals surface area contributed by atoms with Crippen molar-refractivity contribution in [2.45, 2.75) is 11.6 Å². The van der Waals surface area contributed by atoms with E-state index in [0.29, 0.717) is 6.54 Å². The summed E-state index contributed by atoms with van der Waals surface area (Å²) in [5, 5.41) is 6.89. The van der Waals surface area contributed by atoms with E-state index in [1.54, 1.807) is 25.4 Å². The highest BCUT2D eigenvalue weighted by Crippen LogP contribution is 2.12. The predicted octanol–water partition coefficient (Wildman–Crippen LogP) is 0.335. The molecule has 0 spiro atoms. The average molecular weight is 281 g/mol. The van der Waals surface area contributed by atoms with Crippen molar-refractivity contribution < 1.29 is 8.42 Å². The van der Waals surface area contributed by atoms with Crippen LogP contribution >= 0.6 is 0 Å². The van der Waals surface area contributed by atoms with E-state index in [1.165, 1.54) is 16.9 Å².